The summed E-state index contributed by atoms with van der Waals surface area (Å²) in [7, 11) is 0. The summed E-state index contributed by atoms with van der Waals surface area (Å²) >= 11 is 4.66. The smallest absolute Gasteiger partial charge is 0.0472 e. The molecule has 0 aromatic carbocycles. The number of hydrogen-bond acceptors (Lipinski definition) is 4. The largest absolute Gasteiger partial charge is 0.381 e. The molecule has 0 radical (unpaired) electrons. The topological polar surface area (TPSA) is 15.7 Å². The van der Waals surface area contributed by atoms with Crippen LogP contribution in [0.1, 0.15) is 32.1 Å². The highest BCUT2D eigenvalue weighted by Crippen LogP contribution is 2.34. The summed E-state index contributed by atoms with van der Waals surface area (Å²) in [6.45, 7) is 8.33. The molecule has 1 unspecified atom stereocenters. The summed E-state index contributed by atoms with van der Waals surface area (Å²) in [5.41, 5.74) is 0.412. The lowest BCUT2D eigenvalue weighted by Crippen LogP contribution is -2.45. The standard InChI is InChI=1S/C15H28N2OS/c19-13-15(4-9-18-10-5-15)12-16-6-2-8-17-7-1-3-14(17)11-16/h14,19H,1-13H2. The maximum absolute atomic E-state index is 5.55. The molecule has 0 amide bonds. The van der Waals surface area contributed by atoms with Crippen molar-refractivity contribution in [3.63, 3.8) is 0 Å². The first-order valence-electron chi connectivity index (χ1n) is 7.96. The minimum absolute atomic E-state index is 0.412. The molecule has 3 aliphatic heterocycles. The van der Waals surface area contributed by atoms with E-state index >= 15 is 0 Å². The molecule has 3 rings (SSSR count). The number of fused-ring (bicyclic) bond motifs is 1. The van der Waals surface area contributed by atoms with Crippen LogP contribution in [0.25, 0.3) is 0 Å². The van der Waals surface area contributed by atoms with Gasteiger partial charge < -0.3 is 9.64 Å². The lowest BCUT2D eigenvalue weighted by atomic mass is 9.81. The van der Waals surface area contributed by atoms with Gasteiger partial charge in [-0.05, 0) is 62.9 Å². The molecule has 0 spiro atoms. The molecule has 19 heavy (non-hydrogen) atoms. The normalized spacial score (nSPS) is 33.0. The van der Waals surface area contributed by atoms with Gasteiger partial charge in [-0.1, -0.05) is 0 Å². The van der Waals surface area contributed by atoms with Gasteiger partial charge >= 0.3 is 0 Å². The van der Waals surface area contributed by atoms with E-state index in [1.165, 1.54) is 64.8 Å². The summed E-state index contributed by atoms with van der Waals surface area (Å²) in [4.78, 5) is 5.45. The molecule has 0 aromatic heterocycles. The quantitative estimate of drug-likeness (QED) is 0.797. The van der Waals surface area contributed by atoms with Crippen molar-refractivity contribution in [3.8, 4) is 0 Å². The van der Waals surface area contributed by atoms with Gasteiger partial charge in [0.05, 0.1) is 0 Å². The fourth-order valence-corrected chi connectivity index (χ4v) is 4.49. The van der Waals surface area contributed by atoms with E-state index in [1.807, 2.05) is 0 Å². The van der Waals surface area contributed by atoms with E-state index in [0.717, 1.165) is 25.0 Å². The molecule has 3 nitrogen and oxygen atoms in total. The zero-order chi connectivity index (χ0) is 13.1. The van der Waals surface area contributed by atoms with Crippen LogP contribution in [0.15, 0.2) is 0 Å². The summed E-state index contributed by atoms with van der Waals surface area (Å²) in [5, 5.41) is 0. The van der Waals surface area contributed by atoms with Crippen LogP contribution < -0.4 is 0 Å². The Morgan fingerprint density at radius 1 is 1.11 bits per heavy atom. The fraction of sp³-hybridized carbons (Fsp3) is 1.00. The highest BCUT2D eigenvalue weighted by Gasteiger charge is 2.36. The monoisotopic (exact) mass is 284 g/mol. The second-order valence-electron chi connectivity index (χ2n) is 6.69. The van der Waals surface area contributed by atoms with Gasteiger partial charge in [-0.15, -0.1) is 0 Å². The molecule has 3 saturated heterocycles. The Bertz CT molecular complexity index is 294. The third-order valence-electron chi connectivity index (χ3n) is 5.34. The molecule has 0 bridgehead atoms. The van der Waals surface area contributed by atoms with Crippen molar-refractivity contribution < 1.29 is 4.74 Å². The minimum Gasteiger partial charge on any atom is -0.381 e. The van der Waals surface area contributed by atoms with Crippen LogP contribution in [0.4, 0.5) is 0 Å². The zero-order valence-corrected chi connectivity index (χ0v) is 12.9. The SMILES string of the molecule is SCC1(CN2CCCN3CCCC3C2)CCOCC1. The third-order valence-corrected chi connectivity index (χ3v) is 6.01. The number of nitrogens with zero attached hydrogens (tertiary/aromatic N) is 2. The van der Waals surface area contributed by atoms with E-state index < -0.39 is 0 Å². The second kappa shape index (κ2) is 6.33. The Morgan fingerprint density at radius 3 is 2.68 bits per heavy atom. The van der Waals surface area contributed by atoms with Gasteiger partial charge in [0.15, 0.2) is 0 Å². The molecule has 3 aliphatic rings. The Morgan fingerprint density at radius 2 is 1.89 bits per heavy atom. The molecule has 0 aromatic rings. The second-order valence-corrected chi connectivity index (χ2v) is 7.01. The predicted molar refractivity (Wildman–Crippen MR) is 82.0 cm³/mol. The zero-order valence-electron chi connectivity index (χ0n) is 12.0. The maximum Gasteiger partial charge on any atom is 0.0472 e. The Hall–Kier alpha value is 0.230. The molecule has 110 valence electrons. The van der Waals surface area contributed by atoms with Crippen LogP contribution in [-0.4, -0.2) is 67.5 Å². The van der Waals surface area contributed by atoms with Crippen molar-refractivity contribution >= 4 is 12.6 Å². The molecule has 0 N–H and O–H groups in total. The molecule has 0 aliphatic carbocycles. The molecule has 4 heteroatoms. The minimum atomic E-state index is 0.412. The molecule has 0 saturated carbocycles. The van der Waals surface area contributed by atoms with Gasteiger partial charge in [-0.2, -0.15) is 12.6 Å². The van der Waals surface area contributed by atoms with E-state index in [9.17, 15) is 0 Å². The van der Waals surface area contributed by atoms with E-state index in [-0.39, 0.29) is 0 Å². The average molecular weight is 284 g/mol. The first kappa shape index (κ1) is 14.2. The van der Waals surface area contributed by atoms with Gasteiger partial charge in [0.1, 0.15) is 0 Å². The van der Waals surface area contributed by atoms with Crippen LogP contribution >= 0.6 is 12.6 Å². The van der Waals surface area contributed by atoms with Crippen LogP contribution in [-0.2, 0) is 4.74 Å². The van der Waals surface area contributed by atoms with E-state index in [4.69, 9.17) is 4.74 Å². The van der Waals surface area contributed by atoms with Crippen molar-refractivity contribution in [1.82, 2.24) is 9.80 Å². The highest BCUT2D eigenvalue weighted by molar-refractivity contribution is 7.80. The Kier molecular flexibility index (Phi) is 4.73. The molecular weight excluding hydrogens is 256 g/mol. The molecule has 3 heterocycles. The first-order chi connectivity index (χ1) is 9.31. The number of thiol groups is 1. The van der Waals surface area contributed by atoms with Gasteiger partial charge in [0.2, 0.25) is 0 Å². The highest BCUT2D eigenvalue weighted by atomic mass is 32.1. The summed E-state index contributed by atoms with van der Waals surface area (Å²) in [5.74, 6) is 1.02. The van der Waals surface area contributed by atoms with Crippen molar-refractivity contribution in [2.45, 2.75) is 38.1 Å². The number of rotatable bonds is 3. The van der Waals surface area contributed by atoms with Gasteiger partial charge in [-0.3, -0.25) is 4.90 Å². The Labute approximate surface area is 123 Å². The maximum atomic E-state index is 5.55. The molecule has 3 fully saturated rings. The summed E-state index contributed by atoms with van der Waals surface area (Å²) in [6.07, 6.45) is 6.55. The first-order valence-corrected chi connectivity index (χ1v) is 8.60. The summed E-state index contributed by atoms with van der Waals surface area (Å²) < 4.78 is 5.55. The van der Waals surface area contributed by atoms with Gasteiger partial charge in [-0.25, -0.2) is 0 Å². The van der Waals surface area contributed by atoms with E-state index in [1.54, 1.807) is 0 Å². The third kappa shape index (κ3) is 3.29. The van der Waals surface area contributed by atoms with Crippen molar-refractivity contribution in [2.24, 2.45) is 5.41 Å². The van der Waals surface area contributed by atoms with Crippen molar-refractivity contribution in [1.29, 1.82) is 0 Å². The Balaban J connectivity index is 1.61. The van der Waals surface area contributed by atoms with Crippen LogP contribution in [0.3, 0.4) is 0 Å². The predicted octanol–water partition coefficient (Wildman–Crippen LogP) is 1.88. The van der Waals surface area contributed by atoms with Crippen molar-refractivity contribution in [2.75, 3.05) is 51.7 Å². The lowest BCUT2D eigenvalue weighted by molar-refractivity contribution is 0.00691. The molecular formula is C15H28N2OS. The van der Waals surface area contributed by atoms with Crippen molar-refractivity contribution in [3.05, 3.63) is 0 Å². The van der Waals surface area contributed by atoms with Crippen LogP contribution in [0, 0.1) is 5.41 Å². The van der Waals surface area contributed by atoms with Crippen LogP contribution in [0.5, 0.6) is 0 Å². The molecule has 1 atom stereocenters. The van der Waals surface area contributed by atoms with Crippen LogP contribution in [0.2, 0.25) is 0 Å². The number of hydrogen-bond donors (Lipinski definition) is 1. The number of ether oxygens (including phenoxy) is 1. The lowest BCUT2D eigenvalue weighted by Gasteiger charge is -2.40. The van der Waals surface area contributed by atoms with E-state index in [2.05, 4.69) is 22.4 Å². The average Bonchev–Trinajstić information content (AvgIpc) is 2.79. The summed E-state index contributed by atoms with van der Waals surface area (Å²) in [6, 6.07) is 0.833. The fourth-order valence-electron chi connectivity index (χ4n) is 4.07. The van der Waals surface area contributed by atoms with Gasteiger partial charge in [0.25, 0.3) is 0 Å². The van der Waals surface area contributed by atoms with E-state index in [0.29, 0.717) is 5.41 Å². The van der Waals surface area contributed by atoms with Gasteiger partial charge in [0, 0.05) is 32.3 Å².